The number of ketones is 1. The van der Waals surface area contributed by atoms with E-state index in [-0.39, 0.29) is 25.0 Å². The van der Waals surface area contributed by atoms with E-state index in [2.05, 4.69) is 0 Å². The monoisotopic (exact) mass is 236 g/mol. The van der Waals surface area contributed by atoms with Crippen LogP contribution in [0, 0.1) is 17.3 Å². The Hall–Kier alpha value is -0.540. The third kappa shape index (κ3) is 3.22. The van der Waals surface area contributed by atoms with Gasteiger partial charge in [0.2, 0.25) is 6.43 Å². The van der Waals surface area contributed by atoms with Gasteiger partial charge in [-0.1, -0.05) is 20.8 Å². The van der Waals surface area contributed by atoms with E-state index in [0.29, 0.717) is 0 Å². The maximum atomic E-state index is 13.3. The van der Waals surface area contributed by atoms with E-state index in [0.717, 1.165) is 0 Å². The number of halogens is 3. The predicted octanol–water partition coefficient (Wildman–Crippen LogP) is 3.62. The Morgan fingerprint density at radius 2 is 1.75 bits per heavy atom. The SMILES string of the molecule is CC(C)(C)C(=O)C1CC(F)CC(C(F)F)C1. The molecule has 4 heteroatoms. The number of carbonyl (C=O) groups excluding carboxylic acids is 1. The van der Waals surface area contributed by atoms with E-state index in [1.807, 2.05) is 0 Å². The van der Waals surface area contributed by atoms with Gasteiger partial charge in [-0.25, -0.2) is 13.2 Å². The molecule has 3 atom stereocenters. The average molecular weight is 236 g/mol. The standard InChI is InChI=1S/C12H19F3O/c1-12(2,3)10(16)7-4-8(11(14)15)6-9(13)5-7/h7-9,11H,4-6H2,1-3H3. The summed E-state index contributed by atoms with van der Waals surface area (Å²) in [4.78, 5) is 11.9. The summed E-state index contributed by atoms with van der Waals surface area (Å²) < 4.78 is 38.4. The minimum absolute atomic E-state index is 0.0968. The molecule has 0 bridgehead atoms. The van der Waals surface area contributed by atoms with Crippen LogP contribution in [0.4, 0.5) is 13.2 Å². The topological polar surface area (TPSA) is 17.1 Å². The molecule has 0 spiro atoms. The van der Waals surface area contributed by atoms with E-state index < -0.39 is 29.8 Å². The Balaban J connectivity index is 2.71. The van der Waals surface area contributed by atoms with Crippen LogP contribution >= 0.6 is 0 Å². The molecule has 1 aliphatic rings. The smallest absolute Gasteiger partial charge is 0.241 e. The maximum Gasteiger partial charge on any atom is 0.241 e. The normalized spacial score (nSPS) is 31.8. The van der Waals surface area contributed by atoms with Crippen LogP contribution in [0.5, 0.6) is 0 Å². The van der Waals surface area contributed by atoms with Crippen molar-refractivity contribution in [3.8, 4) is 0 Å². The van der Waals surface area contributed by atoms with Crippen LogP contribution in [0.2, 0.25) is 0 Å². The lowest BCUT2D eigenvalue weighted by atomic mass is 9.72. The first-order valence-electron chi connectivity index (χ1n) is 5.68. The van der Waals surface area contributed by atoms with Crippen LogP contribution in [-0.4, -0.2) is 18.4 Å². The highest BCUT2D eigenvalue weighted by Crippen LogP contribution is 2.38. The second-order valence-corrected chi connectivity index (χ2v) is 5.71. The van der Waals surface area contributed by atoms with Crippen molar-refractivity contribution in [2.45, 2.75) is 52.6 Å². The van der Waals surface area contributed by atoms with Crippen molar-refractivity contribution >= 4 is 5.78 Å². The highest BCUT2D eigenvalue weighted by molar-refractivity contribution is 5.86. The molecule has 1 nitrogen and oxygen atoms in total. The zero-order chi connectivity index (χ0) is 12.5. The zero-order valence-electron chi connectivity index (χ0n) is 9.97. The minimum Gasteiger partial charge on any atom is -0.299 e. The van der Waals surface area contributed by atoms with E-state index in [1.54, 1.807) is 20.8 Å². The van der Waals surface area contributed by atoms with Crippen molar-refractivity contribution in [2.75, 3.05) is 0 Å². The van der Waals surface area contributed by atoms with Crippen LogP contribution in [0.3, 0.4) is 0 Å². The third-order valence-corrected chi connectivity index (χ3v) is 3.15. The number of hydrogen-bond donors (Lipinski definition) is 0. The van der Waals surface area contributed by atoms with Crippen molar-refractivity contribution < 1.29 is 18.0 Å². The van der Waals surface area contributed by atoms with Crippen LogP contribution in [0.15, 0.2) is 0 Å². The molecule has 0 saturated heterocycles. The fraction of sp³-hybridized carbons (Fsp3) is 0.917. The van der Waals surface area contributed by atoms with Gasteiger partial charge in [-0.2, -0.15) is 0 Å². The number of hydrogen-bond acceptors (Lipinski definition) is 1. The molecule has 0 aromatic heterocycles. The van der Waals surface area contributed by atoms with Gasteiger partial charge in [0.05, 0.1) is 0 Å². The molecule has 0 aromatic rings. The highest BCUT2D eigenvalue weighted by Gasteiger charge is 2.39. The molecule has 0 heterocycles. The Labute approximate surface area is 94.4 Å². The Morgan fingerprint density at radius 1 is 1.19 bits per heavy atom. The van der Waals surface area contributed by atoms with E-state index >= 15 is 0 Å². The lowest BCUT2D eigenvalue weighted by molar-refractivity contribution is -0.133. The number of Topliss-reactive ketones (excluding diaryl/α,β-unsaturated/α-hetero) is 1. The Bertz CT molecular complexity index is 257. The van der Waals surface area contributed by atoms with Gasteiger partial charge in [0, 0.05) is 17.3 Å². The molecule has 16 heavy (non-hydrogen) atoms. The molecule has 1 fully saturated rings. The molecule has 1 saturated carbocycles. The van der Waals surface area contributed by atoms with Crippen molar-refractivity contribution in [1.82, 2.24) is 0 Å². The first kappa shape index (κ1) is 13.5. The fourth-order valence-electron chi connectivity index (χ4n) is 2.32. The summed E-state index contributed by atoms with van der Waals surface area (Å²) in [6.07, 6.45) is -3.64. The maximum absolute atomic E-state index is 13.3. The molecule has 3 unspecified atom stereocenters. The van der Waals surface area contributed by atoms with E-state index in [4.69, 9.17) is 0 Å². The van der Waals surface area contributed by atoms with Crippen LogP contribution in [0.1, 0.15) is 40.0 Å². The molecular formula is C12H19F3O. The Morgan fingerprint density at radius 3 is 2.19 bits per heavy atom. The summed E-state index contributed by atoms with van der Waals surface area (Å²) in [6, 6.07) is 0. The second kappa shape index (κ2) is 4.76. The molecule has 1 rings (SSSR count). The quantitative estimate of drug-likeness (QED) is 0.715. The predicted molar refractivity (Wildman–Crippen MR) is 56.2 cm³/mol. The summed E-state index contributed by atoms with van der Waals surface area (Å²) >= 11 is 0. The van der Waals surface area contributed by atoms with Gasteiger partial charge < -0.3 is 0 Å². The first-order chi connectivity index (χ1) is 7.21. The molecule has 94 valence electrons. The van der Waals surface area contributed by atoms with Crippen LogP contribution < -0.4 is 0 Å². The minimum atomic E-state index is -2.52. The largest absolute Gasteiger partial charge is 0.299 e. The van der Waals surface area contributed by atoms with Gasteiger partial charge in [0.15, 0.2) is 0 Å². The number of rotatable bonds is 2. The molecule has 0 aliphatic heterocycles. The van der Waals surface area contributed by atoms with Crippen molar-refractivity contribution in [3.63, 3.8) is 0 Å². The molecule has 0 N–H and O–H groups in total. The third-order valence-electron chi connectivity index (χ3n) is 3.15. The summed E-state index contributed by atoms with van der Waals surface area (Å²) in [7, 11) is 0. The summed E-state index contributed by atoms with van der Waals surface area (Å²) in [5.41, 5.74) is -0.575. The second-order valence-electron chi connectivity index (χ2n) is 5.71. The van der Waals surface area contributed by atoms with Gasteiger partial charge in [-0.3, -0.25) is 4.79 Å². The first-order valence-corrected chi connectivity index (χ1v) is 5.68. The molecule has 0 radical (unpaired) electrons. The lowest BCUT2D eigenvalue weighted by Gasteiger charge is -2.33. The van der Waals surface area contributed by atoms with E-state index in [1.165, 1.54) is 0 Å². The molecular weight excluding hydrogens is 217 g/mol. The van der Waals surface area contributed by atoms with Gasteiger partial charge >= 0.3 is 0 Å². The summed E-state index contributed by atoms with van der Waals surface area (Å²) in [6.45, 7) is 5.23. The van der Waals surface area contributed by atoms with E-state index in [9.17, 15) is 18.0 Å². The number of carbonyl (C=O) groups is 1. The Kier molecular flexibility index (Phi) is 4.02. The number of alkyl halides is 3. The zero-order valence-corrected chi connectivity index (χ0v) is 9.97. The van der Waals surface area contributed by atoms with Crippen molar-refractivity contribution in [2.24, 2.45) is 17.3 Å². The van der Waals surface area contributed by atoms with Crippen LogP contribution in [0.25, 0.3) is 0 Å². The highest BCUT2D eigenvalue weighted by atomic mass is 19.3. The lowest BCUT2D eigenvalue weighted by Crippen LogP contribution is -2.37. The van der Waals surface area contributed by atoms with Gasteiger partial charge in [0.25, 0.3) is 0 Å². The molecule has 1 aliphatic carbocycles. The average Bonchev–Trinajstić information content (AvgIpc) is 2.14. The van der Waals surface area contributed by atoms with Crippen molar-refractivity contribution in [1.29, 1.82) is 0 Å². The summed E-state index contributed by atoms with van der Waals surface area (Å²) in [5.74, 6) is -1.59. The van der Waals surface area contributed by atoms with Gasteiger partial charge in [0.1, 0.15) is 12.0 Å². The van der Waals surface area contributed by atoms with Crippen LogP contribution in [-0.2, 0) is 4.79 Å². The van der Waals surface area contributed by atoms with Gasteiger partial charge in [-0.15, -0.1) is 0 Å². The summed E-state index contributed by atoms with van der Waals surface area (Å²) in [5, 5.41) is 0. The fourth-order valence-corrected chi connectivity index (χ4v) is 2.32. The molecule has 0 amide bonds. The van der Waals surface area contributed by atoms with Gasteiger partial charge in [-0.05, 0) is 19.3 Å². The molecule has 0 aromatic carbocycles. The van der Waals surface area contributed by atoms with Crippen molar-refractivity contribution in [3.05, 3.63) is 0 Å².